The van der Waals surface area contributed by atoms with Crippen LogP contribution in [0.15, 0.2) is 78.9 Å². The van der Waals surface area contributed by atoms with Crippen molar-refractivity contribution in [1.29, 1.82) is 0 Å². The van der Waals surface area contributed by atoms with E-state index in [0.717, 1.165) is 16.1 Å². The number of benzene rings is 3. The lowest BCUT2D eigenvalue weighted by molar-refractivity contribution is -0.140. The van der Waals surface area contributed by atoms with Gasteiger partial charge < -0.3 is 15.0 Å². The van der Waals surface area contributed by atoms with Gasteiger partial charge in [0.25, 0.3) is 0 Å². The van der Waals surface area contributed by atoms with Crippen molar-refractivity contribution in [2.45, 2.75) is 39.3 Å². The number of nitrogens with one attached hydrogen (secondary N) is 1. The Morgan fingerprint density at radius 2 is 1.57 bits per heavy atom. The Morgan fingerprint density at radius 3 is 2.20 bits per heavy atom. The summed E-state index contributed by atoms with van der Waals surface area (Å²) >= 11 is 0. The predicted octanol–water partition coefficient (Wildman–Crippen LogP) is 4.16. The monoisotopic (exact) mass is 569 g/mol. The first-order valence-electron chi connectivity index (χ1n) is 13.2. The summed E-state index contributed by atoms with van der Waals surface area (Å²) in [6.07, 6.45) is 1.92. The van der Waals surface area contributed by atoms with Crippen LogP contribution in [0.3, 0.4) is 0 Å². The minimum Gasteiger partial charge on any atom is -0.492 e. The van der Waals surface area contributed by atoms with E-state index in [-0.39, 0.29) is 24.6 Å². The Labute approximate surface area is 235 Å². The molecule has 40 heavy (non-hydrogen) atoms. The van der Waals surface area contributed by atoms with E-state index in [9.17, 15) is 22.4 Å². The van der Waals surface area contributed by atoms with Gasteiger partial charge >= 0.3 is 0 Å². The third-order valence-corrected chi connectivity index (χ3v) is 7.33. The van der Waals surface area contributed by atoms with Crippen molar-refractivity contribution in [3.8, 4) is 5.75 Å². The summed E-state index contributed by atoms with van der Waals surface area (Å²) in [4.78, 5) is 28.9. The molecule has 0 bridgehead atoms. The van der Waals surface area contributed by atoms with Gasteiger partial charge in [0.2, 0.25) is 21.8 Å². The number of ether oxygens (including phenoxy) is 1. The first-order valence-corrected chi connectivity index (χ1v) is 15.0. The van der Waals surface area contributed by atoms with Crippen molar-refractivity contribution in [1.82, 2.24) is 10.2 Å². The Kier molecular flexibility index (Phi) is 11.1. The minimum atomic E-state index is -3.93. The molecule has 0 aromatic heterocycles. The van der Waals surface area contributed by atoms with Gasteiger partial charge in [0.15, 0.2) is 0 Å². The molecule has 8 nitrogen and oxygen atoms in total. The van der Waals surface area contributed by atoms with E-state index < -0.39 is 34.3 Å². The van der Waals surface area contributed by atoms with E-state index in [2.05, 4.69) is 5.32 Å². The van der Waals surface area contributed by atoms with Crippen LogP contribution in [0.5, 0.6) is 5.75 Å². The number of carbonyl (C=O) groups excluding carboxylic acids is 2. The quantitative estimate of drug-likeness (QED) is 0.315. The van der Waals surface area contributed by atoms with Crippen molar-refractivity contribution in [3.05, 3.63) is 95.8 Å². The second-order valence-electron chi connectivity index (χ2n) is 9.32. The predicted molar refractivity (Wildman–Crippen MR) is 154 cm³/mol. The van der Waals surface area contributed by atoms with Gasteiger partial charge in [-0.2, -0.15) is 0 Å². The molecule has 0 spiro atoms. The van der Waals surface area contributed by atoms with E-state index in [0.29, 0.717) is 30.9 Å². The second-order valence-corrected chi connectivity index (χ2v) is 11.2. The van der Waals surface area contributed by atoms with E-state index in [1.807, 2.05) is 37.3 Å². The fraction of sp³-hybridized carbons (Fsp3) is 0.333. The third kappa shape index (κ3) is 8.54. The highest BCUT2D eigenvalue weighted by atomic mass is 32.2. The lowest BCUT2D eigenvalue weighted by atomic mass is 10.0. The largest absolute Gasteiger partial charge is 0.492 e. The summed E-state index contributed by atoms with van der Waals surface area (Å²) in [5.41, 5.74) is 1.64. The lowest BCUT2D eigenvalue weighted by Gasteiger charge is -2.33. The average Bonchev–Trinajstić information content (AvgIpc) is 2.93. The Balaban J connectivity index is 2.06. The summed E-state index contributed by atoms with van der Waals surface area (Å²) in [6, 6.07) is 20.5. The zero-order chi connectivity index (χ0) is 29.1. The molecule has 3 rings (SSSR count). The number of carbonyl (C=O) groups is 2. The zero-order valence-electron chi connectivity index (χ0n) is 23.0. The number of anilines is 1. The molecule has 1 N–H and O–H groups in total. The topological polar surface area (TPSA) is 96.0 Å². The minimum absolute atomic E-state index is 0.0269. The first kappa shape index (κ1) is 30.6. The van der Waals surface area contributed by atoms with Gasteiger partial charge in [-0.05, 0) is 48.7 Å². The highest BCUT2D eigenvalue weighted by molar-refractivity contribution is 7.92. The van der Waals surface area contributed by atoms with Crippen LogP contribution in [0.1, 0.15) is 31.4 Å². The fourth-order valence-corrected chi connectivity index (χ4v) is 5.10. The van der Waals surface area contributed by atoms with Crippen LogP contribution in [0.4, 0.5) is 10.1 Å². The molecule has 0 radical (unpaired) electrons. The zero-order valence-corrected chi connectivity index (χ0v) is 23.9. The van der Waals surface area contributed by atoms with E-state index in [1.54, 1.807) is 31.2 Å². The molecule has 3 aromatic rings. The normalized spacial score (nSPS) is 11.9. The maximum atomic E-state index is 14.0. The van der Waals surface area contributed by atoms with Crippen LogP contribution in [-0.2, 0) is 32.6 Å². The van der Waals surface area contributed by atoms with Gasteiger partial charge in [0, 0.05) is 19.5 Å². The molecule has 214 valence electrons. The number of hydrogen-bond donors (Lipinski definition) is 1. The summed E-state index contributed by atoms with van der Waals surface area (Å²) < 4.78 is 46.2. The molecule has 3 aromatic carbocycles. The Hall–Kier alpha value is -3.92. The third-order valence-electron chi connectivity index (χ3n) is 6.20. The van der Waals surface area contributed by atoms with Crippen molar-refractivity contribution in [2.24, 2.45) is 0 Å². The van der Waals surface area contributed by atoms with Gasteiger partial charge in [-0.15, -0.1) is 0 Å². The fourth-order valence-electron chi connectivity index (χ4n) is 4.24. The van der Waals surface area contributed by atoms with Crippen molar-refractivity contribution in [2.75, 3.05) is 30.3 Å². The van der Waals surface area contributed by atoms with Crippen LogP contribution in [-0.4, -0.2) is 57.1 Å². The van der Waals surface area contributed by atoms with Crippen molar-refractivity contribution in [3.63, 3.8) is 0 Å². The molecular formula is C30H36FN3O5S. The molecule has 0 saturated carbocycles. The molecule has 0 aliphatic heterocycles. The first-order chi connectivity index (χ1) is 19.1. The number of para-hydroxylation sites is 2. The van der Waals surface area contributed by atoms with Gasteiger partial charge in [0.1, 0.15) is 24.2 Å². The molecule has 0 aliphatic rings. The molecule has 2 amide bonds. The second kappa shape index (κ2) is 14.5. The highest BCUT2D eigenvalue weighted by Gasteiger charge is 2.33. The molecular weight excluding hydrogens is 533 g/mol. The number of amides is 2. The summed E-state index contributed by atoms with van der Waals surface area (Å²) in [7, 11) is -3.93. The standard InChI is InChI=1S/C30H36FN3O5S/c1-4-19-32-30(36)27(20-23-11-7-6-8-12-23)33(21-24-15-17-25(31)18-16-24)29(35)22-34(40(3,37)38)26-13-9-10-14-28(26)39-5-2/h6-18,27H,4-5,19-22H2,1-3H3,(H,32,36). The number of sulfonamides is 1. The van der Waals surface area contributed by atoms with Gasteiger partial charge in [-0.3, -0.25) is 13.9 Å². The molecule has 0 heterocycles. The van der Waals surface area contributed by atoms with Gasteiger partial charge in [0.05, 0.1) is 18.6 Å². The smallest absolute Gasteiger partial charge is 0.244 e. The van der Waals surface area contributed by atoms with Crippen LogP contribution in [0, 0.1) is 5.82 Å². The van der Waals surface area contributed by atoms with E-state index in [1.165, 1.54) is 29.2 Å². The SMILES string of the molecule is CCCNC(=O)C(Cc1ccccc1)N(Cc1ccc(F)cc1)C(=O)CN(c1ccccc1OCC)S(C)(=O)=O. The average molecular weight is 570 g/mol. The number of hydrogen-bond acceptors (Lipinski definition) is 5. The van der Waals surface area contributed by atoms with E-state index >= 15 is 0 Å². The maximum Gasteiger partial charge on any atom is 0.244 e. The molecule has 0 fully saturated rings. The molecule has 0 saturated heterocycles. The van der Waals surface area contributed by atoms with Crippen LogP contribution < -0.4 is 14.4 Å². The number of rotatable bonds is 14. The van der Waals surface area contributed by atoms with Gasteiger partial charge in [-0.1, -0.05) is 61.5 Å². The molecule has 10 heteroatoms. The Morgan fingerprint density at radius 1 is 0.925 bits per heavy atom. The maximum absolute atomic E-state index is 14.0. The lowest BCUT2D eigenvalue weighted by Crippen LogP contribution is -2.53. The van der Waals surface area contributed by atoms with Crippen molar-refractivity contribution < 1.29 is 27.1 Å². The number of halogens is 1. The van der Waals surface area contributed by atoms with Crippen molar-refractivity contribution >= 4 is 27.5 Å². The molecule has 1 atom stereocenters. The number of nitrogens with zero attached hydrogens (tertiary/aromatic N) is 2. The van der Waals surface area contributed by atoms with Gasteiger partial charge in [-0.25, -0.2) is 12.8 Å². The molecule has 1 unspecified atom stereocenters. The van der Waals surface area contributed by atoms with E-state index in [4.69, 9.17) is 4.74 Å². The van der Waals surface area contributed by atoms with Crippen LogP contribution in [0.25, 0.3) is 0 Å². The highest BCUT2D eigenvalue weighted by Crippen LogP contribution is 2.30. The summed E-state index contributed by atoms with van der Waals surface area (Å²) in [6.45, 7) is 3.83. The Bertz CT molecular complexity index is 1370. The molecule has 0 aliphatic carbocycles. The van der Waals surface area contributed by atoms with Crippen LogP contribution >= 0.6 is 0 Å². The summed E-state index contributed by atoms with van der Waals surface area (Å²) in [5, 5.41) is 2.88. The van der Waals surface area contributed by atoms with Crippen LogP contribution in [0.2, 0.25) is 0 Å². The summed E-state index contributed by atoms with van der Waals surface area (Å²) in [5.74, 6) is -1.07.